The fraction of sp³-hybridized carbons (Fsp3) is 0.0800. The number of aliphatic hydroxyl groups excluding tert-OH is 1. The number of rotatable bonds is 7. The molecule has 164 valence electrons. The molecule has 1 heterocycles. The molecule has 0 radical (unpaired) electrons. The Balaban J connectivity index is 0.000000380. The molecule has 2 aromatic carbocycles. The summed E-state index contributed by atoms with van der Waals surface area (Å²) in [6.45, 7) is 5.72. The summed E-state index contributed by atoms with van der Waals surface area (Å²) in [5.74, 6) is 0.757. The van der Waals surface area contributed by atoms with Gasteiger partial charge in [0.05, 0.1) is 12.3 Å². The average molecular weight is 429 g/mol. The third kappa shape index (κ3) is 7.23. The van der Waals surface area contributed by atoms with Crippen LogP contribution in [-0.2, 0) is 6.61 Å². The summed E-state index contributed by atoms with van der Waals surface area (Å²) >= 11 is 0. The number of allylic oxidation sites excluding steroid dienone is 5. The van der Waals surface area contributed by atoms with Gasteiger partial charge in [0.1, 0.15) is 5.82 Å². The molecule has 7 nitrogen and oxygen atoms in total. The first-order valence-electron chi connectivity index (χ1n) is 9.93. The van der Waals surface area contributed by atoms with Crippen LogP contribution >= 0.6 is 0 Å². The molecule has 0 unspecified atom stereocenters. The van der Waals surface area contributed by atoms with Crippen LogP contribution in [0.3, 0.4) is 0 Å². The summed E-state index contributed by atoms with van der Waals surface area (Å²) in [7, 11) is 0. The van der Waals surface area contributed by atoms with Gasteiger partial charge in [-0.25, -0.2) is 4.98 Å². The molecule has 1 aromatic heterocycles. The van der Waals surface area contributed by atoms with Gasteiger partial charge >= 0.3 is 0 Å². The van der Waals surface area contributed by atoms with Crippen LogP contribution in [0.4, 0.5) is 23.1 Å². The zero-order chi connectivity index (χ0) is 23.3. The van der Waals surface area contributed by atoms with Crippen LogP contribution in [0.1, 0.15) is 18.1 Å². The van der Waals surface area contributed by atoms with Gasteiger partial charge in [-0.3, -0.25) is 5.41 Å². The van der Waals surface area contributed by atoms with Crippen LogP contribution < -0.4 is 16.8 Å². The number of aliphatic hydroxyl groups is 1. The first-order chi connectivity index (χ1) is 15.5. The lowest BCUT2D eigenvalue weighted by molar-refractivity contribution is 0.282. The van der Waals surface area contributed by atoms with Crippen molar-refractivity contribution in [1.29, 1.82) is 5.41 Å². The number of hydrogen-bond acceptors (Lipinski definition) is 7. The van der Waals surface area contributed by atoms with E-state index in [1.165, 1.54) is 0 Å². The number of nitrogens with one attached hydrogen (secondary N) is 2. The molecule has 7 N–H and O–H groups in total. The lowest BCUT2D eigenvalue weighted by atomic mass is 9.99. The SMILES string of the molecule is C=C/C=C(\C=C/C)C(=N)c1cc(Nc2ccnc(N)n2)ccc1N.OCc1ccccc1. The normalized spacial score (nSPS) is 10.9. The van der Waals surface area contributed by atoms with Gasteiger partial charge in [-0.05, 0) is 42.3 Å². The summed E-state index contributed by atoms with van der Waals surface area (Å²) < 4.78 is 0. The lowest BCUT2D eigenvalue weighted by Crippen LogP contribution is -2.07. The molecule has 0 atom stereocenters. The van der Waals surface area contributed by atoms with E-state index in [0.29, 0.717) is 22.8 Å². The van der Waals surface area contributed by atoms with Crippen molar-refractivity contribution in [3.05, 3.63) is 108 Å². The number of benzene rings is 2. The molecule has 3 aromatic rings. The highest BCUT2D eigenvalue weighted by molar-refractivity contribution is 6.15. The number of nitrogens with zero attached hydrogens (tertiary/aromatic N) is 2. The Morgan fingerprint density at radius 1 is 1.16 bits per heavy atom. The topological polar surface area (TPSA) is 134 Å². The number of aromatic nitrogens is 2. The molecule has 32 heavy (non-hydrogen) atoms. The van der Waals surface area contributed by atoms with Crippen molar-refractivity contribution in [2.24, 2.45) is 0 Å². The summed E-state index contributed by atoms with van der Waals surface area (Å²) in [5.41, 5.74) is 15.5. The Kier molecular flexibility index (Phi) is 9.36. The second-order valence-corrected chi connectivity index (χ2v) is 6.60. The minimum absolute atomic E-state index is 0.140. The van der Waals surface area contributed by atoms with E-state index < -0.39 is 0 Å². The molecule has 0 aliphatic heterocycles. The summed E-state index contributed by atoms with van der Waals surface area (Å²) in [6, 6.07) is 16.6. The molecule has 0 saturated heterocycles. The van der Waals surface area contributed by atoms with E-state index in [-0.39, 0.29) is 12.6 Å². The third-order valence-corrected chi connectivity index (χ3v) is 4.23. The van der Waals surface area contributed by atoms with Crippen LogP contribution in [0.2, 0.25) is 0 Å². The molecule has 0 spiro atoms. The second kappa shape index (κ2) is 12.5. The molecule has 0 bridgehead atoms. The van der Waals surface area contributed by atoms with Crippen LogP contribution in [0.25, 0.3) is 0 Å². The van der Waals surface area contributed by atoms with Crippen molar-refractivity contribution in [3.63, 3.8) is 0 Å². The minimum Gasteiger partial charge on any atom is -0.398 e. The summed E-state index contributed by atoms with van der Waals surface area (Å²) in [6.07, 6.45) is 8.70. The van der Waals surface area contributed by atoms with Gasteiger partial charge in [-0.2, -0.15) is 4.98 Å². The van der Waals surface area contributed by atoms with E-state index in [1.54, 1.807) is 36.5 Å². The van der Waals surface area contributed by atoms with Gasteiger partial charge in [0.15, 0.2) is 0 Å². The number of anilines is 4. The zero-order valence-electron chi connectivity index (χ0n) is 18.0. The minimum atomic E-state index is 0.140. The first kappa shape index (κ1) is 24.0. The maximum Gasteiger partial charge on any atom is 0.221 e. The lowest BCUT2D eigenvalue weighted by Gasteiger charge is -2.12. The zero-order valence-corrected chi connectivity index (χ0v) is 18.0. The van der Waals surface area contributed by atoms with Crippen molar-refractivity contribution < 1.29 is 5.11 Å². The van der Waals surface area contributed by atoms with Crippen LogP contribution in [0.15, 0.2) is 97.3 Å². The Morgan fingerprint density at radius 3 is 2.50 bits per heavy atom. The molecular weight excluding hydrogens is 400 g/mol. The molecule has 0 amide bonds. The van der Waals surface area contributed by atoms with E-state index in [1.807, 2.05) is 55.5 Å². The van der Waals surface area contributed by atoms with Crippen molar-refractivity contribution in [1.82, 2.24) is 9.97 Å². The van der Waals surface area contributed by atoms with Gasteiger partial charge in [0, 0.05) is 23.1 Å². The Labute approximate surface area is 188 Å². The van der Waals surface area contributed by atoms with Crippen molar-refractivity contribution >= 4 is 28.9 Å². The van der Waals surface area contributed by atoms with Gasteiger partial charge < -0.3 is 21.9 Å². The van der Waals surface area contributed by atoms with Crippen molar-refractivity contribution in [2.45, 2.75) is 13.5 Å². The van der Waals surface area contributed by atoms with E-state index in [9.17, 15) is 0 Å². The molecule has 0 aliphatic rings. The van der Waals surface area contributed by atoms with Crippen molar-refractivity contribution in [3.8, 4) is 0 Å². The smallest absolute Gasteiger partial charge is 0.221 e. The fourth-order valence-corrected chi connectivity index (χ4v) is 2.71. The highest BCUT2D eigenvalue weighted by Crippen LogP contribution is 2.23. The standard InChI is InChI=1S/C18H20N6.C7H8O/c1-3-5-12(6-4-2)17(20)14-11-13(7-8-15(14)19)23-16-9-10-22-18(21)24-16;8-6-7-4-2-1-3-5-7/h3-11,20H,1,19H2,2H3,(H3,21,22,23,24);1-5,8H,6H2/b6-4-,12-5+,20-17?;. The molecular formula is C25H28N6O. The highest BCUT2D eigenvalue weighted by Gasteiger charge is 2.10. The predicted octanol–water partition coefficient (Wildman–Crippen LogP) is 4.62. The number of nitrogens with two attached hydrogens (primary N) is 2. The predicted molar refractivity (Wildman–Crippen MR) is 133 cm³/mol. The summed E-state index contributed by atoms with van der Waals surface area (Å²) in [5, 5.41) is 20.1. The van der Waals surface area contributed by atoms with E-state index in [4.69, 9.17) is 22.0 Å². The fourth-order valence-electron chi connectivity index (χ4n) is 2.71. The Morgan fingerprint density at radius 2 is 1.91 bits per heavy atom. The summed E-state index contributed by atoms with van der Waals surface area (Å²) in [4.78, 5) is 7.95. The average Bonchev–Trinajstić information content (AvgIpc) is 2.81. The molecule has 0 aliphatic carbocycles. The number of hydrogen-bond donors (Lipinski definition) is 5. The van der Waals surface area contributed by atoms with Crippen LogP contribution in [-0.4, -0.2) is 20.8 Å². The van der Waals surface area contributed by atoms with Gasteiger partial charge in [-0.15, -0.1) is 0 Å². The van der Waals surface area contributed by atoms with Gasteiger partial charge in [0.2, 0.25) is 5.95 Å². The molecule has 7 heteroatoms. The molecule has 0 saturated carbocycles. The van der Waals surface area contributed by atoms with Gasteiger partial charge in [-0.1, -0.05) is 61.2 Å². The maximum atomic E-state index is 8.54. The largest absolute Gasteiger partial charge is 0.398 e. The van der Waals surface area contributed by atoms with Crippen molar-refractivity contribution in [2.75, 3.05) is 16.8 Å². The van der Waals surface area contributed by atoms with E-state index >= 15 is 0 Å². The quantitative estimate of drug-likeness (QED) is 0.212. The molecule has 0 fully saturated rings. The third-order valence-electron chi connectivity index (χ3n) is 4.23. The van der Waals surface area contributed by atoms with E-state index in [2.05, 4.69) is 21.9 Å². The van der Waals surface area contributed by atoms with Gasteiger partial charge in [0.25, 0.3) is 0 Å². The number of nitrogen functional groups attached to an aromatic ring is 2. The second-order valence-electron chi connectivity index (χ2n) is 6.60. The highest BCUT2D eigenvalue weighted by atomic mass is 16.3. The maximum absolute atomic E-state index is 8.54. The monoisotopic (exact) mass is 428 g/mol. The van der Waals surface area contributed by atoms with Crippen LogP contribution in [0.5, 0.6) is 0 Å². The Hall–Kier alpha value is -4.23. The van der Waals surface area contributed by atoms with Crippen LogP contribution in [0, 0.1) is 5.41 Å². The Bertz CT molecular complexity index is 1110. The first-order valence-corrected chi connectivity index (χ1v) is 9.93. The molecule has 3 rings (SSSR count). The van der Waals surface area contributed by atoms with E-state index in [0.717, 1.165) is 16.8 Å².